The zero-order valence-electron chi connectivity index (χ0n) is 16.4. The van der Waals surface area contributed by atoms with E-state index in [4.69, 9.17) is 9.47 Å². The normalized spacial score (nSPS) is 12.3. The van der Waals surface area contributed by atoms with Crippen LogP contribution >= 0.6 is 0 Å². The predicted octanol–water partition coefficient (Wildman–Crippen LogP) is 3.20. The van der Waals surface area contributed by atoms with Crippen LogP contribution in [0.15, 0.2) is 23.1 Å². The minimum atomic E-state index is -0.197. The molecule has 0 bridgehead atoms. The number of benzene rings is 1. The van der Waals surface area contributed by atoms with Crippen molar-refractivity contribution in [2.75, 3.05) is 14.2 Å². The number of amides is 1. The van der Waals surface area contributed by atoms with Gasteiger partial charge in [0.1, 0.15) is 0 Å². The molecule has 0 spiro atoms. The number of nitrogens with one attached hydrogen (secondary N) is 1. The number of aromatic nitrogens is 1. The minimum absolute atomic E-state index is 0.0414. The number of methoxy groups -OCH3 is 2. The molecule has 1 aromatic heterocycles. The Balaban J connectivity index is 2.62. The van der Waals surface area contributed by atoms with Crippen LogP contribution in [-0.4, -0.2) is 30.7 Å². The van der Waals surface area contributed by atoms with Crippen molar-refractivity contribution in [1.82, 2.24) is 9.88 Å². The Morgan fingerprint density at radius 3 is 2.19 bits per heavy atom. The molecule has 0 saturated heterocycles. The lowest BCUT2D eigenvalue weighted by molar-refractivity contribution is 0.0937. The zero-order valence-corrected chi connectivity index (χ0v) is 16.4. The van der Waals surface area contributed by atoms with Crippen molar-refractivity contribution in [3.63, 3.8) is 0 Å². The lowest BCUT2D eigenvalue weighted by Crippen LogP contribution is -2.34. The Hall–Kier alpha value is -2.50. The standard InChI is InChI=1S/C20H28N2O4/c1-7-22-11-16(19(23)21-13(4)8-12(2)3)14-9-17(25-5)18(26-6)10-15(14)20(22)24/h9-13H,7-8H2,1-6H3,(H,21,23). The van der Waals surface area contributed by atoms with Gasteiger partial charge < -0.3 is 19.4 Å². The summed E-state index contributed by atoms with van der Waals surface area (Å²) in [5, 5.41) is 4.03. The Morgan fingerprint density at radius 2 is 1.69 bits per heavy atom. The van der Waals surface area contributed by atoms with E-state index in [2.05, 4.69) is 19.2 Å². The van der Waals surface area contributed by atoms with Crippen LogP contribution in [0.5, 0.6) is 11.5 Å². The Bertz CT molecular complexity index is 855. The van der Waals surface area contributed by atoms with Crippen molar-refractivity contribution in [3.05, 3.63) is 34.2 Å². The SMILES string of the molecule is CCn1cc(C(=O)NC(C)CC(C)C)c2cc(OC)c(OC)cc2c1=O. The van der Waals surface area contributed by atoms with Gasteiger partial charge in [-0.2, -0.15) is 0 Å². The first-order chi connectivity index (χ1) is 12.3. The summed E-state index contributed by atoms with van der Waals surface area (Å²) in [5.74, 6) is 1.23. The third-order valence-electron chi connectivity index (χ3n) is 4.38. The first kappa shape index (κ1) is 19.8. The van der Waals surface area contributed by atoms with Gasteiger partial charge in [0, 0.05) is 24.2 Å². The smallest absolute Gasteiger partial charge is 0.258 e. The molecular formula is C20H28N2O4. The molecule has 0 saturated carbocycles. The quantitative estimate of drug-likeness (QED) is 0.823. The number of ether oxygens (including phenoxy) is 2. The molecule has 6 nitrogen and oxygen atoms in total. The number of carbonyl (C=O) groups is 1. The van der Waals surface area contributed by atoms with Crippen molar-refractivity contribution in [1.29, 1.82) is 0 Å². The molecule has 26 heavy (non-hydrogen) atoms. The molecule has 1 atom stereocenters. The van der Waals surface area contributed by atoms with Crippen LogP contribution in [0.1, 0.15) is 44.5 Å². The summed E-state index contributed by atoms with van der Waals surface area (Å²) in [6.07, 6.45) is 2.50. The van der Waals surface area contributed by atoms with E-state index in [1.807, 2.05) is 13.8 Å². The van der Waals surface area contributed by atoms with Gasteiger partial charge in [0.2, 0.25) is 0 Å². The maximum absolute atomic E-state index is 12.9. The van der Waals surface area contributed by atoms with E-state index in [1.54, 1.807) is 18.3 Å². The van der Waals surface area contributed by atoms with Gasteiger partial charge in [-0.25, -0.2) is 0 Å². The molecule has 1 amide bonds. The van der Waals surface area contributed by atoms with E-state index >= 15 is 0 Å². The third kappa shape index (κ3) is 4.00. The number of pyridine rings is 1. The van der Waals surface area contributed by atoms with E-state index in [0.29, 0.717) is 40.3 Å². The van der Waals surface area contributed by atoms with Crippen LogP contribution in [0.25, 0.3) is 10.8 Å². The van der Waals surface area contributed by atoms with Crippen LogP contribution in [0.2, 0.25) is 0 Å². The minimum Gasteiger partial charge on any atom is -0.493 e. The van der Waals surface area contributed by atoms with E-state index in [9.17, 15) is 9.59 Å². The molecule has 2 rings (SSSR count). The van der Waals surface area contributed by atoms with Gasteiger partial charge in [0.25, 0.3) is 11.5 Å². The van der Waals surface area contributed by atoms with Crippen molar-refractivity contribution < 1.29 is 14.3 Å². The highest BCUT2D eigenvalue weighted by Crippen LogP contribution is 2.32. The molecule has 0 radical (unpaired) electrons. The molecule has 0 fully saturated rings. The van der Waals surface area contributed by atoms with E-state index in [1.165, 1.54) is 18.8 Å². The van der Waals surface area contributed by atoms with Gasteiger partial charge in [0.05, 0.1) is 25.2 Å². The molecule has 0 aliphatic rings. The topological polar surface area (TPSA) is 69.6 Å². The molecule has 1 aromatic carbocycles. The lowest BCUT2D eigenvalue weighted by atomic mass is 10.0. The van der Waals surface area contributed by atoms with E-state index in [0.717, 1.165) is 6.42 Å². The summed E-state index contributed by atoms with van der Waals surface area (Å²) in [7, 11) is 3.05. The second-order valence-corrected chi connectivity index (χ2v) is 6.89. The first-order valence-electron chi connectivity index (χ1n) is 8.92. The van der Waals surface area contributed by atoms with Gasteiger partial charge >= 0.3 is 0 Å². The molecule has 1 unspecified atom stereocenters. The molecule has 6 heteroatoms. The fraction of sp³-hybridized carbons (Fsp3) is 0.500. The highest BCUT2D eigenvalue weighted by molar-refractivity contribution is 6.07. The Kier molecular flexibility index (Phi) is 6.29. The second-order valence-electron chi connectivity index (χ2n) is 6.89. The summed E-state index contributed by atoms with van der Waals surface area (Å²) in [5.41, 5.74) is 0.299. The summed E-state index contributed by atoms with van der Waals surface area (Å²) in [6.45, 7) is 8.57. The highest BCUT2D eigenvalue weighted by Gasteiger charge is 2.19. The van der Waals surface area contributed by atoms with Gasteiger partial charge in [-0.15, -0.1) is 0 Å². The maximum atomic E-state index is 12.9. The molecule has 0 aliphatic heterocycles. The lowest BCUT2D eigenvalue weighted by Gasteiger charge is -2.18. The fourth-order valence-corrected chi connectivity index (χ4v) is 3.20. The molecule has 0 aliphatic carbocycles. The summed E-state index contributed by atoms with van der Waals surface area (Å²) in [4.78, 5) is 25.6. The van der Waals surface area contributed by atoms with Crippen LogP contribution in [0.4, 0.5) is 0 Å². The zero-order chi connectivity index (χ0) is 19.4. The number of hydrogen-bond donors (Lipinski definition) is 1. The van der Waals surface area contributed by atoms with Crippen molar-refractivity contribution in [3.8, 4) is 11.5 Å². The average molecular weight is 360 g/mol. The van der Waals surface area contributed by atoms with Crippen LogP contribution in [0, 0.1) is 5.92 Å². The van der Waals surface area contributed by atoms with Crippen molar-refractivity contribution in [2.45, 2.75) is 46.7 Å². The monoisotopic (exact) mass is 360 g/mol. The molecular weight excluding hydrogens is 332 g/mol. The van der Waals surface area contributed by atoms with Crippen molar-refractivity contribution >= 4 is 16.7 Å². The number of carbonyl (C=O) groups excluding carboxylic acids is 1. The van der Waals surface area contributed by atoms with Crippen LogP contribution in [-0.2, 0) is 6.54 Å². The van der Waals surface area contributed by atoms with Gasteiger partial charge in [0.15, 0.2) is 11.5 Å². The largest absolute Gasteiger partial charge is 0.493 e. The Morgan fingerprint density at radius 1 is 1.12 bits per heavy atom. The summed E-state index contributed by atoms with van der Waals surface area (Å²) >= 11 is 0. The molecule has 142 valence electrons. The van der Waals surface area contributed by atoms with Gasteiger partial charge in [-0.1, -0.05) is 13.8 Å². The first-order valence-corrected chi connectivity index (χ1v) is 8.92. The third-order valence-corrected chi connectivity index (χ3v) is 4.38. The number of aryl methyl sites for hydroxylation is 1. The van der Waals surface area contributed by atoms with E-state index in [-0.39, 0.29) is 17.5 Å². The highest BCUT2D eigenvalue weighted by atomic mass is 16.5. The van der Waals surface area contributed by atoms with E-state index < -0.39 is 0 Å². The number of rotatable bonds is 7. The maximum Gasteiger partial charge on any atom is 0.258 e. The number of hydrogen-bond acceptors (Lipinski definition) is 4. The number of nitrogens with zero attached hydrogens (tertiary/aromatic N) is 1. The fourth-order valence-electron chi connectivity index (χ4n) is 3.20. The second kappa shape index (κ2) is 8.25. The van der Waals surface area contributed by atoms with Crippen LogP contribution < -0.4 is 20.3 Å². The van der Waals surface area contributed by atoms with Gasteiger partial charge in [-0.3, -0.25) is 9.59 Å². The summed E-state index contributed by atoms with van der Waals surface area (Å²) < 4.78 is 12.2. The summed E-state index contributed by atoms with van der Waals surface area (Å²) in [6, 6.07) is 3.37. The average Bonchev–Trinajstić information content (AvgIpc) is 2.60. The molecule has 1 heterocycles. The van der Waals surface area contributed by atoms with Crippen molar-refractivity contribution in [2.24, 2.45) is 5.92 Å². The van der Waals surface area contributed by atoms with Crippen LogP contribution in [0.3, 0.4) is 0 Å². The Labute approximate surface area is 154 Å². The molecule has 1 N–H and O–H groups in total. The predicted molar refractivity (Wildman–Crippen MR) is 103 cm³/mol. The number of fused-ring (bicyclic) bond motifs is 1. The van der Waals surface area contributed by atoms with Gasteiger partial charge in [-0.05, 0) is 38.3 Å². The molecule has 2 aromatic rings.